The highest BCUT2D eigenvalue weighted by Crippen LogP contribution is 2.57. The van der Waals surface area contributed by atoms with Gasteiger partial charge in [0.25, 0.3) is 0 Å². The van der Waals surface area contributed by atoms with E-state index in [4.69, 9.17) is 5.73 Å². The molecule has 1 aromatic rings. The minimum absolute atomic E-state index is 0.319. The summed E-state index contributed by atoms with van der Waals surface area (Å²) in [5.74, 6) is 4.69. The molecule has 0 spiro atoms. The van der Waals surface area contributed by atoms with Crippen LogP contribution in [0, 0.1) is 29.6 Å². The van der Waals surface area contributed by atoms with Gasteiger partial charge in [0.15, 0.2) is 0 Å². The predicted molar refractivity (Wildman–Crippen MR) is 85.8 cm³/mol. The molecule has 4 bridgehead atoms. The molecule has 21 heavy (non-hydrogen) atoms. The summed E-state index contributed by atoms with van der Waals surface area (Å²) in [7, 11) is 0. The number of pyridine rings is 1. The van der Waals surface area contributed by atoms with Crippen molar-refractivity contribution in [3.63, 3.8) is 0 Å². The lowest BCUT2D eigenvalue weighted by Crippen LogP contribution is -2.52. The van der Waals surface area contributed by atoms with Gasteiger partial charge in [0, 0.05) is 24.4 Å². The summed E-state index contributed by atoms with van der Waals surface area (Å²) in [6.45, 7) is 2.18. The second-order valence-electron chi connectivity index (χ2n) is 7.89. The van der Waals surface area contributed by atoms with Crippen LogP contribution in [0.5, 0.6) is 0 Å². The highest BCUT2D eigenvalue weighted by atomic mass is 14.7. The van der Waals surface area contributed by atoms with Gasteiger partial charge in [-0.3, -0.25) is 4.98 Å². The normalized spacial score (nSPS) is 38.7. The maximum Gasteiger partial charge on any atom is 0.0419 e. The molecule has 0 saturated heterocycles. The van der Waals surface area contributed by atoms with Gasteiger partial charge in [0.2, 0.25) is 0 Å². The van der Waals surface area contributed by atoms with E-state index in [-0.39, 0.29) is 0 Å². The van der Waals surface area contributed by atoms with E-state index in [2.05, 4.69) is 24.0 Å². The first-order valence-corrected chi connectivity index (χ1v) is 8.92. The maximum absolute atomic E-state index is 6.66. The van der Waals surface area contributed by atoms with Crippen LogP contribution in [-0.4, -0.2) is 11.0 Å². The van der Waals surface area contributed by atoms with Gasteiger partial charge in [0.1, 0.15) is 0 Å². The summed E-state index contributed by atoms with van der Waals surface area (Å²) in [5, 5.41) is 0. The molecule has 4 fully saturated rings. The van der Waals surface area contributed by atoms with Crippen molar-refractivity contribution in [1.82, 2.24) is 4.98 Å². The van der Waals surface area contributed by atoms with Gasteiger partial charge >= 0.3 is 0 Å². The molecule has 4 aliphatic rings. The molecule has 114 valence electrons. The second kappa shape index (κ2) is 5.39. The molecular weight excluding hydrogens is 256 g/mol. The molecule has 2 heteroatoms. The van der Waals surface area contributed by atoms with Crippen molar-refractivity contribution in [2.75, 3.05) is 0 Å². The highest BCUT2D eigenvalue weighted by molar-refractivity contribution is 5.15. The van der Waals surface area contributed by atoms with Crippen LogP contribution >= 0.6 is 0 Å². The van der Waals surface area contributed by atoms with Crippen LogP contribution in [0.1, 0.15) is 50.3 Å². The first-order valence-electron chi connectivity index (χ1n) is 8.92. The second-order valence-corrected chi connectivity index (χ2v) is 7.89. The van der Waals surface area contributed by atoms with Crippen molar-refractivity contribution in [2.45, 2.75) is 57.9 Å². The van der Waals surface area contributed by atoms with E-state index in [1.54, 1.807) is 0 Å². The van der Waals surface area contributed by atoms with Crippen LogP contribution in [0.25, 0.3) is 0 Å². The topological polar surface area (TPSA) is 38.9 Å². The van der Waals surface area contributed by atoms with Crippen molar-refractivity contribution < 1.29 is 0 Å². The lowest BCUT2D eigenvalue weighted by Gasteiger charge is -2.56. The predicted octanol–water partition coefficient (Wildman–Crippen LogP) is 3.59. The van der Waals surface area contributed by atoms with Gasteiger partial charge in [-0.1, -0.05) is 13.0 Å². The fourth-order valence-electron chi connectivity index (χ4n) is 5.83. The smallest absolute Gasteiger partial charge is 0.0419 e. The maximum atomic E-state index is 6.66. The number of rotatable bonds is 4. The van der Waals surface area contributed by atoms with E-state index >= 15 is 0 Å². The minimum atomic E-state index is 0.319. The molecule has 0 amide bonds. The average Bonchev–Trinajstić information content (AvgIpc) is 2.47. The molecule has 4 aliphatic carbocycles. The average molecular weight is 284 g/mol. The van der Waals surface area contributed by atoms with Crippen molar-refractivity contribution >= 4 is 0 Å². The van der Waals surface area contributed by atoms with Crippen LogP contribution in [0.3, 0.4) is 0 Å². The van der Waals surface area contributed by atoms with Crippen LogP contribution in [-0.2, 0) is 12.8 Å². The molecule has 0 aromatic carbocycles. The Hall–Kier alpha value is -0.890. The largest absolute Gasteiger partial charge is 0.327 e. The van der Waals surface area contributed by atoms with E-state index in [0.717, 1.165) is 42.4 Å². The van der Waals surface area contributed by atoms with Gasteiger partial charge in [0.05, 0.1) is 0 Å². The molecule has 4 saturated carbocycles. The number of hydrogen-bond donors (Lipinski definition) is 1. The van der Waals surface area contributed by atoms with Gasteiger partial charge in [-0.2, -0.15) is 0 Å². The fraction of sp³-hybridized carbons (Fsp3) is 0.737. The monoisotopic (exact) mass is 284 g/mol. The van der Waals surface area contributed by atoms with Crippen molar-refractivity contribution in [1.29, 1.82) is 0 Å². The van der Waals surface area contributed by atoms with Crippen molar-refractivity contribution in [2.24, 2.45) is 35.3 Å². The van der Waals surface area contributed by atoms with E-state index in [0.29, 0.717) is 6.04 Å². The Labute approximate surface area is 128 Å². The number of nitrogens with two attached hydrogens (primary N) is 1. The molecule has 1 unspecified atom stereocenters. The Kier molecular flexibility index (Phi) is 3.53. The third kappa shape index (κ3) is 2.52. The Morgan fingerprint density at radius 3 is 2.29 bits per heavy atom. The molecular formula is C19H28N2. The first kappa shape index (κ1) is 13.8. The zero-order chi connectivity index (χ0) is 14.4. The van der Waals surface area contributed by atoms with E-state index in [1.807, 2.05) is 6.20 Å². The van der Waals surface area contributed by atoms with Crippen LogP contribution in [0.4, 0.5) is 0 Å². The number of aryl methyl sites for hydroxylation is 1. The summed E-state index contributed by atoms with van der Waals surface area (Å²) in [6, 6.07) is 4.72. The van der Waals surface area contributed by atoms with Gasteiger partial charge in [-0.15, -0.1) is 0 Å². The van der Waals surface area contributed by atoms with Crippen LogP contribution < -0.4 is 5.73 Å². The summed E-state index contributed by atoms with van der Waals surface area (Å²) in [4.78, 5) is 4.62. The lowest BCUT2D eigenvalue weighted by atomic mass is 9.50. The van der Waals surface area contributed by atoms with E-state index < -0.39 is 0 Å². The zero-order valence-corrected chi connectivity index (χ0v) is 13.2. The standard InChI is InChI=1S/C19H28N2/c1-2-12-3-4-17(21-11-12)10-18(20)19-15-6-13-5-14(8-15)9-16(19)7-13/h3-4,11,13-16,18-19H,2,5-10,20H2,1H3. The molecule has 2 nitrogen and oxygen atoms in total. The minimum Gasteiger partial charge on any atom is -0.327 e. The SMILES string of the molecule is CCc1ccc(CC(N)C2C3CC4CC(C3)CC2C4)nc1. The first-order chi connectivity index (χ1) is 10.2. The molecule has 1 atom stereocenters. The van der Waals surface area contributed by atoms with E-state index in [9.17, 15) is 0 Å². The van der Waals surface area contributed by atoms with Gasteiger partial charge < -0.3 is 5.73 Å². The fourth-order valence-corrected chi connectivity index (χ4v) is 5.83. The zero-order valence-electron chi connectivity index (χ0n) is 13.2. The van der Waals surface area contributed by atoms with Crippen molar-refractivity contribution in [3.8, 4) is 0 Å². The molecule has 1 aromatic heterocycles. The van der Waals surface area contributed by atoms with Crippen molar-refractivity contribution in [3.05, 3.63) is 29.6 Å². The quantitative estimate of drug-likeness (QED) is 0.917. The summed E-state index contributed by atoms with van der Waals surface area (Å²) in [5.41, 5.74) is 9.17. The van der Waals surface area contributed by atoms with Crippen LogP contribution in [0.15, 0.2) is 18.3 Å². The lowest BCUT2D eigenvalue weighted by molar-refractivity contribution is -0.0465. The molecule has 2 N–H and O–H groups in total. The van der Waals surface area contributed by atoms with Gasteiger partial charge in [-0.05, 0) is 79.7 Å². The summed E-state index contributed by atoms with van der Waals surface area (Å²) < 4.78 is 0. The van der Waals surface area contributed by atoms with E-state index in [1.165, 1.54) is 43.4 Å². The molecule has 5 rings (SSSR count). The molecule has 0 radical (unpaired) electrons. The molecule has 0 aliphatic heterocycles. The Morgan fingerprint density at radius 1 is 1.10 bits per heavy atom. The molecule has 1 heterocycles. The number of aromatic nitrogens is 1. The third-order valence-corrected chi connectivity index (χ3v) is 6.53. The Morgan fingerprint density at radius 2 is 1.76 bits per heavy atom. The number of hydrogen-bond acceptors (Lipinski definition) is 2. The Bertz CT molecular complexity index is 465. The van der Waals surface area contributed by atoms with Crippen LogP contribution in [0.2, 0.25) is 0 Å². The number of nitrogens with zero attached hydrogens (tertiary/aromatic N) is 1. The Balaban J connectivity index is 1.45. The highest BCUT2D eigenvalue weighted by Gasteiger charge is 2.49. The summed E-state index contributed by atoms with van der Waals surface area (Å²) in [6.07, 6.45) is 11.4. The summed E-state index contributed by atoms with van der Waals surface area (Å²) >= 11 is 0. The van der Waals surface area contributed by atoms with Gasteiger partial charge in [-0.25, -0.2) is 0 Å². The third-order valence-electron chi connectivity index (χ3n) is 6.53.